The summed E-state index contributed by atoms with van der Waals surface area (Å²) in [6.45, 7) is 4.84. The first-order valence-electron chi connectivity index (χ1n) is 7.86. The lowest BCUT2D eigenvalue weighted by Crippen LogP contribution is -2.44. The maximum Gasteiger partial charge on any atom is 0.237 e. The van der Waals surface area contributed by atoms with Crippen LogP contribution in [0.2, 0.25) is 0 Å². The van der Waals surface area contributed by atoms with Crippen LogP contribution >= 0.6 is 12.4 Å². The van der Waals surface area contributed by atoms with E-state index in [0.29, 0.717) is 0 Å². The summed E-state index contributed by atoms with van der Waals surface area (Å²) in [6, 6.07) is 19.8. The van der Waals surface area contributed by atoms with Gasteiger partial charge in [-0.2, -0.15) is 0 Å². The van der Waals surface area contributed by atoms with Gasteiger partial charge in [0.1, 0.15) is 0 Å². The Kier molecular flexibility index (Phi) is 8.38. The molecule has 3 nitrogen and oxygen atoms in total. The summed E-state index contributed by atoms with van der Waals surface area (Å²) >= 11 is 0. The van der Waals surface area contributed by atoms with E-state index in [0.717, 1.165) is 24.1 Å². The van der Waals surface area contributed by atoms with Crippen molar-refractivity contribution in [2.45, 2.75) is 32.4 Å². The molecule has 23 heavy (non-hydrogen) atoms. The molecule has 0 bridgehead atoms. The van der Waals surface area contributed by atoms with E-state index in [9.17, 15) is 4.79 Å². The third-order valence-corrected chi connectivity index (χ3v) is 3.65. The number of carbonyl (C=O) groups excluding carboxylic acids is 1. The second-order valence-electron chi connectivity index (χ2n) is 5.44. The maximum atomic E-state index is 12.4. The summed E-state index contributed by atoms with van der Waals surface area (Å²) in [5.74, 6) is 0.0196. The van der Waals surface area contributed by atoms with Crippen molar-refractivity contribution in [2.75, 3.05) is 6.54 Å². The predicted octanol–water partition coefficient (Wildman–Crippen LogP) is 3.70. The van der Waals surface area contributed by atoms with Gasteiger partial charge in [-0.1, -0.05) is 67.6 Å². The zero-order chi connectivity index (χ0) is 15.8. The summed E-state index contributed by atoms with van der Waals surface area (Å²) in [5, 5.41) is 6.39. The molecule has 2 aromatic carbocycles. The maximum absolute atomic E-state index is 12.4. The molecule has 1 atom stereocenters. The first-order chi connectivity index (χ1) is 10.7. The number of rotatable bonds is 7. The molecule has 1 unspecified atom stereocenters. The number of amides is 1. The van der Waals surface area contributed by atoms with Crippen LogP contribution < -0.4 is 10.6 Å². The Hall–Kier alpha value is -1.84. The minimum atomic E-state index is -0.199. The SMILES string of the molecule is CCCNC(C)C(=O)NC(c1ccccc1)c1ccccc1.Cl. The molecule has 0 heterocycles. The van der Waals surface area contributed by atoms with Gasteiger partial charge in [-0.25, -0.2) is 0 Å². The number of halogens is 1. The number of hydrogen-bond acceptors (Lipinski definition) is 2. The molecule has 0 aromatic heterocycles. The molecule has 0 aliphatic carbocycles. The second kappa shape index (κ2) is 10.0. The van der Waals surface area contributed by atoms with Gasteiger partial charge >= 0.3 is 0 Å². The highest BCUT2D eigenvalue weighted by atomic mass is 35.5. The van der Waals surface area contributed by atoms with Crippen LogP contribution in [0.15, 0.2) is 60.7 Å². The second-order valence-corrected chi connectivity index (χ2v) is 5.44. The lowest BCUT2D eigenvalue weighted by Gasteiger charge is -2.22. The van der Waals surface area contributed by atoms with Crippen molar-refractivity contribution in [3.05, 3.63) is 71.8 Å². The van der Waals surface area contributed by atoms with Gasteiger partial charge in [0.25, 0.3) is 0 Å². The van der Waals surface area contributed by atoms with Crippen molar-refractivity contribution in [3.63, 3.8) is 0 Å². The van der Waals surface area contributed by atoms with Crippen molar-refractivity contribution in [3.8, 4) is 0 Å². The smallest absolute Gasteiger partial charge is 0.237 e. The summed E-state index contributed by atoms with van der Waals surface area (Å²) in [4.78, 5) is 12.4. The van der Waals surface area contributed by atoms with Crippen molar-refractivity contribution in [1.82, 2.24) is 10.6 Å². The van der Waals surface area contributed by atoms with E-state index in [1.165, 1.54) is 0 Å². The Morgan fingerprint density at radius 3 is 1.87 bits per heavy atom. The quantitative estimate of drug-likeness (QED) is 0.811. The molecule has 2 aromatic rings. The van der Waals surface area contributed by atoms with Gasteiger partial charge in [0.2, 0.25) is 5.91 Å². The minimum absolute atomic E-state index is 0. The molecule has 0 fully saturated rings. The average molecular weight is 333 g/mol. The van der Waals surface area contributed by atoms with E-state index in [4.69, 9.17) is 0 Å². The van der Waals surface area contributed by atoms with E-state index < -0.39 is 0 Å². The van der Waals surface area contributed by atoms with Crippen LogP contribution in [0, 0.1) is 0 Å². The monoisotopic (exact) mass is 332 g/mol. The van der Waals surface area contributed by atoms with Crippen LogP contribution in [-0.2, 0) is 4.79 Å². The first kappa shape index (κ1) is 19.2. The molecule has 2 rings (SSSR count). The highest BCUT2D eigenvalue weighted by Gasteiger charge is 2.19. The van der Waals surface area contributed by atoms with Gasteiger partial charge in [-0.3, -0.25) is 4.79 Å². The van der Waals surface area contributed by atoms with Crippen LogP contribution in [-0.4, -0.2) is 18.5 Å². The third-order valence-electron chi connectivity index (χ3n) is 3.65. The Morgan fingerprint density at radius 1 is 0.957 bits per heavy atom. The zero-order valence-electron chi connectivity index (χ0n) is 13.7. The molecule has 124 valence electrons. The normalized spacial score (nSPS) is 11.6. The standard InChI is InChI=1S/C19H24N2O.ClH/c1-3-14-20-15(2)19(22)21-18(16-10-6-4-7-11-16)17-12-8-5-9-13-17;/h4-13,15,18,20H,3,14H2,1-2H3,(H,21,22);1H. The molecule has 0 saturated carbocycles. The molecule has 0 aliphatic heterocycles. The van der Waals surface area contributed by atoms with Gasteiger partial charge in [0, 0.05) is 0 Å². The van der Waals surface area contributed by atoms with Crippen LogP contribution in [0.5, 0.6) is 0 Å². The van der Waals surface area contributed by atoms with Crippen molar-refractivity contribution in [2.24, 2.45) is 0 Å². The summed E-state index contributed by atoms with van der Waals surface area (Å²) < 4.78 is 0. The van der Waals surface area contributed by atoms with Crippen LogP contribution in [0.1, 0.15) is 37.4 Å². The van der Waals surface area contributed by atoms with E-state index >= 15 is 0 Å². The van der Waals surface area contributed by atoms with Gasteiger partial charge in [0.15, 0.2) is 0 Å². The molecule has 0 spiro atoms. The van der Waals surface area contributed by atoms with Crippen molar-refractivity contribution in [1.29, 1.82) is 0 Å². The van der Waals surface area contributed by atoms with Crippen LogP contribution in [0.4, 0.5) is 0 Å². The van der Waals surface area contributed by atoms with Gasteiger partial charge < -0.3 is 10.6 Å². The molecule has 0 saturated heterocycles. The highest BCUT2D eigenvalue weighted by molar-refractivity contribution is 5.85. The first-order valence-corrected chi connectivity index (χ1v) is 7.86. The Bertz CT molecular complexity index is 535. The fourth-order valence-corrected chi connectivity index (χ4v) is 2.37. The number of benzene rings is 2. The molecule has 4 heteroatoms. The van der Waals surface area contributed by atoms with E-state index in [2.05, 4.69) is 17.6 Å². The molecular formula is C19H25ClN2O. The Labute approximate surface area is 144 Å². The zero-order valence-corrected chi connectivity index (χ0v) is 14.5. The summed E-state index contributed by atoms with van der Waals surface area (Å²) in [7, 11) is 0. The summed E-state index contributed by atoms with van der Waals surface area (Å²) in [6.07, 6.45) is 1.01. The molecule has 0 aliphatic rings. The average Bonchev–Trinajstić information content (AvgIpc) is 2.58. The molecule has 0 radical (unpaired) electrons. The van der Waals surface area contributed by atoms with Gasteiger partial charge in [0.05, 0.1) is 12.1 Å². The van der Waals surface area contributed by atoms with E-state index in [-0.39, 0.29) is 30.4 Å². The largest absolute Gasteiger partial charge is 0.344 e. The van der Waals surface area contributed by atoms with E-state index in [1.54, 1.807) is 0 Å². The van der Waals surface area contributed by atoms with Gasteiger partial charge in [-0.15, -0.1) is 12.4 Å². The topological polar surface area (TPSA) is 41.1 Å². The number of carbonyl (C=O) groups is 1. The molecular weight excluding hydrogens is 308 g/mol. The van der Waals surface area contributed by atoms with E-state index in [1.807, 2.05) is 67.6 Å². The summed E-state index contributed by atoms with van der Waals surface area (Å²) in [5.41, 5.74) is 2.18. The number of hydrogen-bond donors (Lipinski definition) is 2. The van der Waals surface area contributed by atoms with Crippen LogP contribution in [0.25, 0.3) is 0 Å². The Morgan fingerprint density at radius 2 is 1.43 bits per heavy atom. The predicted molar refractivity (Wildman–Crippen MR) is 97.9 cm³/mol. The minimum Gasteiger partial charge on any atom is -0.344 e. The fraction of sp³-hybridized carbons (Fsp3) is 0.316. The lowest BCUT2D eigenvalue weighted by atomic mass is 9.98. The Balaban J connectivity index is 0.00000264. The lowest BCUT2D eigenvalue weighted by molar-refractivity contribution is -0.123. The molecule has 2 N–H and O–H groups in total. The van der Waals surface area contributed by atoms with Crippen molar-refractivity contribution >= 4 is 18.3 Å². The van der Waals surface area contributed by atoms with Crippen LogP contribution in [0.3, 0.4) is 0 Å². The third kappa shape index (κ3) is 5.70. The van der Waals surface area contributed by atoms with Gasteiger partial charge in [-0.05, 0) is 31.0 Å². The highest BCUT2D eigenvalue weighted by Crippen LogP contribution is 2.21. The van der Waals surface area contributed by atoms with Crippen molar-refractivity contribution < 1.29 is 4.79 Å². The number of nitrogens with one attached hydrogen (secondary N) is 2. The fourth-order valence-electron chi connectivity index (χ4n) is 2.37. The molecule has 1 amide bonds.